The lowest BCUT2D eigenvalue weighted by atomic mass is 9.68. The second-order valence-electron chi connectivity index (χ2n) is 20.5. The average Bonchev–Trinajstić information content (AvgIpc) is 3.38. The van der Waals surface area contributed by atoms with E-state index in [4.69, 9.17) is 23.4 Å². The van der Waals surface area contributed by atoms with Gasteiger partial charge in [-0.15, -0.1) is 0 Å². The van der Waals surface area contributed by atoms with E-state index in [2.05, 4.69) is 72.8 Å². The van der Waals surface area contributed by atoms with Gasteiger partial charge in [-0.2, -0.15) is 0 Å². The highest BCUT2D eigenvalue weighted by atomic mass is 16.6. The summed E-state index contributed by atoms with van der Waals surface area (Å²) in [6.07, 6.45) is 6.18. The molecule has 5 aliphatic rings. The molecule has 0 radical (unpaired) electrons. The molecule has 2 aliphatic carbocycles. The summed E-state index contributed by atoms with van der Waals surface area (Å²) in [5.74, 6) is -1.61. The van der Waals surface area contributed by atoms with Gasteiger partial charge in [-0.1, -0.05) is 98.1 Å². The Hall–Kier alpha value is -5.63. The SMILES string of the molecule is CC(CO)=C1CCc2ccc(cc2)C2CCC(c3cccc(Cc4ccccc4)c3)CC2CC(=O)OC2c3c(ccc4c(CO)c(C(CCO)COCO)c(=O)oc34)OC(C)(C3CCCCC3)C2OC1=O. The summed E-state index contributed by atoms with van der Waals surface area (Å²) in [5.41, 5.74) is 5.17. The highest BCUT2D eigenvalue weighted by Crippen LogP contribution is 2.53. The molecule has 0 spiro atoms. The largest absolute Gasteiger partial charge is 0.483 e. The Morgan fingerprint density at radius 2 is 1.59 bits per heavy atom. The van der Waals surface area contributed by atoms with E-state index in [-0.39, 0.29) is 85.0 Å². The number of fused-ring (bicyclic) bond motifs is 11. The average molecular weight is 969 g/mol. The molecule has 1 aromatic heterocycles. The molecule has 376 valence electrons. The Labute approximate surface area is 415 Å². The van der Waals surface area contributed by atoms with Crippen LogP contribution in [0.1, 0.15) is 153 Å². The second kappa shape index (κ2) is 22.4. The minimum atomic E-state index is -1.33. The molecule has 12 nitrogen and oxygen atoms in total. The Bertz CT molecular complexity index is 2760. The fourth-order valence-electron chi connectivity index (χ4n) is 12.4. The summed E-state index contributed by atoms with van der Waals surface area (Å²) in [7, 11) is 0. The summed E-state index contributed by atoms with van der Waals surface area (Å²) in [5, 5.41) is 41.4. The molecule has 12 heteroatoms. The lowest BCUT2D eigenvalue weighted by molar-refractivity contribution is -0.201. The van der Waals surface area contributed by atoms with Crippen LogP contribution in [0.4, 0.5) is 0 Å². The van der Waals surface area contributed by atoms with Gasteiger partial charge in [0.2, 0.25) is 0 Å². The third-order valence-corrected chi connectivity index (χ3v) is 16.2. The number of rotatable bonds is 12. The summed E-state index contributed by atoms with van der Waals surface area (Å²) in [4.78, 5) is 44.5. The highest BCUT2D eigenvalue weighted by molar-refractivity contribution is 5.90. The van der Waals surface area contributed by atoms with E-state index in [1.165, 1.54) is 16.7 Å². The van der Waals surface area contributed by atoms with Gasteiger partial charge in [0.25, 0.3) is 0 Å². The van der Waals surface area contributed by atoms with Crippen molar-refractivity contribution in [2.75, 3.05) is 26.6 Å². The van der Waals surface area contributed by atoms with Crippen molar-refractivity contribution in [3.05, 3.63) is 157 Å². The van der Waals surface area contributed by atoms with Crippen LogP contribution in [0.15, 0.2) is 111 Å². The van der Waals surface area contributed by atoms with Gasteiger partial charge in [0, 0.05) is 41.4 Å². The lowest BCUT2D eigenvalue weighted by Crippen LogP contribution is -2.58. The zero-order chi connectivity index (χ0) is 49.6. The number of aliphatic hydroxyl groups excluding tert-OH is 4. The van der Waals surface area contributed by atoms with E-state index in [9.17, 15) is 30.0 Å². The van der Waals surface area contributed by atoms with Crippen LogP contribution in [0.5, 0.6) is 5.75 Å². The number of hydrogen-bond acceptors (Lipinski definition) is 12. The summed E-state index contributed by atoms with van der Waals surface area (Å²) in [6.45, 7) is 1.64. The Morgan fingerprint density at radius 3 is 2.32 bits per heavy atom. The number of hydrogen-bond donors (Lipinski definition) is 4. The fourth-order valence-corrected chi connectivity index (χ4v) is 12.4. The van der Waals surface area contributed by atoms with Crippen molar-refractivity contribution in [2.24, 2.45) is 11.8 Å². The normalized spacial score (nSPS) is 25.3. The summed E-state index contributed by atoms with van der Waals surface area (Å²) in [6, 6.07) is 31.2. The smallest absolute Gasteiger partial charge is 0.340 e. The van der Waals surface area contributed by atoms with Crippen molar-refractivity contribution in [1.29, 1.82) is 0 Å². The molecule has 0 saturated heterocycles. The summed E-state index contributed by atoms with van der Waals surface area (Å²) >= 11 is 0. The molecule has 3 aliphatic heterocycles. The molecule has 0 amide bonds. The fraction of sp³-hybridized carbons (Fsp3) is 0.475. The van der Waals surface area contributed by atoms with E-state index in [1.807, 2.05) is 13.0 Å². The van der Waals surface area contributed by atoms with Gasteiger partial charge >= 0.3 is 17.6 Å². The second-order valence-corrected chi connectivity index (χ2v) is 20.5. The van der Waals surface area contributed by atoms with E-state index < -0.39 is 54.7 Å². The van der Waals surface area contributed by atoms with Crippen molar-refractivity contribution in [3.63, 3.8) is 0 Å². The molecule has 4 aromatic carbocycles. The molecule has 10 rings (SSSR count). The molecule has 2 bridgehead atoms. The molecule has 7 atom stereocenters. The van der Waals surface area contributed by atoms with Gasteiger partial charge in [0.1, 0.15) is 23.7 Å². The van der Waals surface area contributed by atoms with Crippen molar-refractivity contribution >= 4 is 22.9 Å². The molecular formula is C59H68O12. The molecular weight excluding hydrogens is 901 g/mol. The van der Waals surface area contributed by atoms with Crippen LogP contribution in [0.2, 0.25) is 0 Å². The lowest BCUT2D eigenvalue weighted by Gasteiger charge is -2.50. The Balaban J connectivity index is 1.18. The predicted molar refractivity (Wildman–Crippen MR) is 268 cm³/mol. The van der Waals surface area contributed by atoms with Crippen molar-refractivity contribution in [1.82, 2.24) is 0 Å². The van der Waals surface area contributed by atoms with Crippen molar-refractivity contribution < 1.29 is 53.4 Å². The maximum atomic E-state index is 15.2. The highest BCUT2D eigenvalue weighted by Gasteiger charge is 2.57. The Morgan fingerprint density at radius 1 is 0.817 bits per heavy atom. The first kappa shape index (κ1) is 50.3. The minimum Gasteiger partial charge on any atom is -0.483 e. The quantitative estimate of drug-likeness (QED) is 0.0403. The number of carbonyl (C=O) groups is 2. The van der Waals surface area contributed by atoms with Gasteiger partial charge < -0.3 is 43.8 Å². The monoisotopic (exact) mass is 968 g/mol. The van der Waals surface area contributed by atoms with Crippen LogP contribution in [0, 0.1) is 11.8 Å². The van der Waals surface area contributed by atoms with Crippen LogP contribution in [-0.4, -0.2) is 70.7 Å². The van der Waals surface area contributed by atoms with Crippen LogP contribution in [0.25, 0.3) is 11.0 Å². The van der Waals surface area contributed by atoms with Crippen LogP contribution in [-0.2, 0) is 43.2 Å². The van der Waals surface area contributed by atoms with E-state index in [0.717, 1.165) is 68.9 Å². The van der Waals surface area contributed by atoms with Gasteiger partial charge in [-0.05, 0) is 140 Å². The van der Waals surface area contributed by atoms with E-state index in [1.54, 1.807) is 19.1 Å². The maximum Gasteiger partial charge on any atom is 0.340 e. The molecule has 4 N–H and O–H groups in total. The summed E-state index contributed by atoms with van der Waals surface area (Å²) < 4.78 is 32.3. The van der Waals surface area contributed by atoms with Gasteiger partial charge in [-0.25, -0.2) is 9.59 Å². The predicted octanol–water partition coefficient (Wildman–Crippen LogP) is 9.55. The maximum absolute atomic E-state index is 15.2. The number of aliphatic hydroxyl groups is 4. The first-order chi connectivity index (χ1) is 34.5. The first-order valence-corrected chi connectivity index (χ1v) is 25.7. The number of esters is 2. The Kier molecular flexibility index (Phi) is 15.9. The van der Waals surface area contributed by atoms with Gasteiger partial charge in [0.15, 0.2) is 12.2 Å². The van der Waals surface area contributed by atoms with E-state index in [0.29, 0.717) is 28.7 Å². The first-order valence-electron chi connectivity index (χ1n) is 25.7. The van der Waals surface area contributed by atoms with Crippen LogP contribution in [0.3, 0.4) is 0 Å². The topological polar surface area (TPSA) is 182 Å². The standard InChI is InChI=1S/C59H68O12/c1-36(32-61)46-22-18-37-16-19-40(20-17-37)47-23-21-42(41-13-9-12-39(29-41)28-38-10-5-3-6-11-38)30-44(47)31-51(64)68-55-53-50(71-59(2,56(55)70-57(46)65)45-14-7-4-8-15-45)25-24-48-49(33-62)52(58(66)69-54(48)53)43(26-27-60)34-67-35-63/h3,5-6,9-13,16-17,19-20,24-25,29,42-45,47,55-56,60-63H,4,7-8,14-15,18,21-23,26-28,30-35H2,1-2H3. The third-order valence-electron chi connectivity index (χ3n) is 16.2. The van der Waals surface area contributed by atoms with Gasteiger partial charge in [0.05, 0.1) is 25.4 Å². The molecule has 2 fully saturated rings. The van der Waals surface area contributed by atoms with Gasteiger partial charge in [-0.3, -0.25) is 4.79 Å². The molecule has 4 heterocycles. The zero-order valence-electron chi connectivity index (χ0n) is 41.0. The zero-order valence-corrected chi connectivity index (χ0v) is 41.0. The number of aryl methyl sites for hydroxylation is 1. The number of carbonyl (C=O) groups excluding carboxylic acids is 2. The molecule has 5 aromatic rings. The minimum absolute atomic E-state index is 0.0120. The molecule has 7 unspecified atom stereocenters. The van der Waals surface area contributed by atoms with Crippen molar-refractivity contribution in [2.45, 2.75) is 139 Å². The molecule has 2 saturated carbocycles. The number of benzene rings is 4. The van der Waals surface area contributed by atoms with Crippen molar-refractivity contribution in [3.8, 4) is 5.75 Å². The third kappa shape index (κ3) is 10.6. The van der Waals surface area contributed by atoms with E-state index >= 15 is 4.79 Å². The van der Waals surface area contributed by atoms with Crippen LogP contribution < -0.4 is 10.4 Å². The molecule has 71 heavy (non-hydrogen) atoms. The number of ether oxygens (including phenoxy) is 4. The van der Waals surface area contributed by atoms with Crippen LogP contribution >= 0.6 is 0 Å².